The number of aryl methyl sites for hydroxylation is 2. The summed E-state index contributed by atoms with van der Waals surface area (Å²) in [5.41, 5.74) is 0.581. The van der Waals surface area contributed by atoms with Crippen LogP contribution in [-0.2, 0) is 4.79 Å². The molecule has 0 bridgehead atoms. The minimum atomic E-state index is -0.310. The summed E-state index contributed by atoms with van der Waals surface area (Å²) < 4.78 is 5.08. The fourth-order valence-electron chi connectivity index (χ4n) is 1.15. The Morgan fingerprint density at radius 2 is 2.07 bits per heavy atom. The molecule has 0 aliphatic heterocycles. The van der Waals surface area contributed by atoms with Crippen molar-refractivity contribution in [3.8, 4) is 5.75 Å². The number of hydrogen-bond acceptors (Lipinski definition) is 4. The lowest BCUT2D eigenvalue weighted by Crippen LogP contribution is -2.10. The van der Waals surface area contributed by atoms with Gasteiger partial charge >= 0.3 is 5.97 Å². The number of carbonyl (C=O) groups excluding carboxylic acids is 1. The van der Waals surface area contributed by atoms with Crippen molar-refractivity contribution < 1.29 is 9.53 Å². The first-order valence-corrected chi connectivity index (χ1v) is 5.13. The summed E-state index contributed by atoms with van der Waals surface area (Å²) in [6.07, 6.45) is 1.10. The Labute approximate surface area is 93.6 Å². The van der Waals surface area contributed by atoms with Gasteiger partial charge in [-0.05, 0) is 20.3 Å². The second kappa shape index (κ2) is 5.07. The topological polar surface area (TPSA) is 52.1 Å². The van der Waals surface area contributed by atoms with E-state index in [9.17, 15) is 4.79 Å². The summed E-state index contributed by atoms with van der Waals surface area (Å²) in [4.78, 5) is 19.3. The first-order chi connectivity index (χ1) is 7.04. The smallest absolute Gasteiger partial charge is 0.311 e. The third kappa shape index (κ3) is 3.16. The van der Waals surface area contributed by atoms with Crippen LogP contribution in [0.15, 0.2) is 0 Å². The molecule has 4 nitrogen and oxygen atoms in total. The van der Waals surface area contributed by atoms with E-state index in [4.69, 9.17) is 16.3 Å². The standard InChI is InChI=1S/C10H13ClN2O2/c1-4-5-8(14)15-9-6(2)12-7(3)13-10(9)11/h4-5H2,1-3H3. The average molecular weight is 229 g/mol. The molecule has 0 radical (unpaired) electrons. The van der Waals surface area contributed by atoms with E-state index in [0.29, 0.717) is 17.9 Å². The Hall–Kier alpha value is -1.16. The quantitative estimate of drug-likeness (QED) is 0.589. The molecule has 82 valence electrons. The first kappa shape index (κ1) is 11.9. The van der Waals surface area contributed by atoms with E-state index in [0.717, 1.165) is 6.42 Å². The van der Waals surface area contributed by atoms with Crippen LogP contribution in [0.4, 0.5) is 0 Å². The summed E-state index contributed by atoms with van der Waals surface area (Å²) in [7, 11) is 0. The Balaban J connectivity index is 2.90. The van der Waals surface area contributed by atoms with Crippen molar-refractivity contribution in [1.29, 1.82) is 0 Å². The second-order valence-electron chi connectivity index (χ2n) is 3.20. The van der Waals surface area contributed by atoms with Crippen LogP contribution < -0.4 is 4.74 Å². The van der Waals surface area contributed by atoms with Crippen molar-refractivity contribution in [1.82, 2.24) is 9.97 Å². The molecule has 1 rings (SSSR count). The van der Waals surface area contributed by atoms with Gasteiger partial charge in [-0.3, -0.25) is 4.79 Å². The van der Waals surface area contributed by atoms with Crippen LogP contribution in [0.3, 0.4) is 0 Å². The molecule has 0 aliphatic carbocycles. The maximum Gasteiger partial charge on any atom is 0.311 e. The van der Waals surface area contributed by atoms with E-state index in [1.807, 2.05) is 6.92 Å². The first-order valence-electron chi connectivity index (χ1n) is 4.76. The summed E-state index contributed by atoms with van der Waals surface area (Å²) in [6.45, 7) is 5.37. The highest BCUT2D eigenvalue weighted by molar-refractivity contribution is 6.31. The molecule has 0 spiro atoms. The molecule has 1 aromatic rings. The van der Waals surface area contributed by atoms with Gasteiger partial charge in [0, 0.05) is 6.42 Å². The Morgan fingerprint density at radius 3 is 2.60 bits per heavy atom. The molecule has 5 heteroatoms. The van der Waals surface area contributed by atoms with Gasteiger partial charge in [0.1, 0.15) is 5.82 Å². The molecule has 0 aromatic carbocycles. The molecule has 0 N–H and O–H groups in total. The highest BCUT2D eigenvalue weighted by atomic mass is 35.5. The van der Waals surface area contributed by atoms with Crippen molar-refractivity contribution in [2.24, 2.45) is 0 Å². The number of hydrogen-bond donors (Lipinski definition) is 0. The Bertz CT molecular complexity index is 357. The summed E-state index contributed by atoms with van der Waals surface area (Å²) in [5, 5.41) is 0.185. The predicted molar refractivity (Wildman–Crippen MR) is 57.1 cm³/mol. The fourth-order valence-corrected chi connectivity index (χ4v) is 1.44. The van der Waals surface area contributed by atoms with Crippen molar-refractivity contribution in [3.05, 3.63) is 16.7 Å². The molecule has 0 atom stereocenters. The lowest BCUT2D eigenvalue weighted by molar-refractivity contribution is -0.134. The van der Waals surface area contributed by atoms with E-state index in [1.165, 1.54) is 0 Å². The number of ether oxygens (including phenoxy) is 1. The zero-order chi connectivity index (χ0) is 11.4. The molecule has 0 fully saturated rings. The second-order valence-corrected chi connectivity index (χ2v) is 3.56. The maximum absolute atomic E-state index is 11.3. The minimum Gasteiger partial charge on any atom is -0.421 e. The number of esters is 1. The molecule has 0 aliphatic rings. The van der Waals surface area contributed by atoms with Gasteiger partial charge in [0.2, 0.25) is 0 Å². The predicted octanol–water partition coefficient (Wildman–Crippen LogP) is 2.45. The molecule has 15 heavy (non-hydrogen) atoms. The van der Waals surface area contributed by atoms with Gasteiger partial charge in [-0.15, -0.1) is 0 Å². The van der Waals surface area contributed by atoms with Gasteiger partial charge in [0.25, 0.3) is 0 Å². The van der Waals surface area contributed by atoms with Crippen LogP contribution in [0.5, 0.6) is 5.75 Å². The van der Waals surface area contributed by atoms with Gasteiger partial charge in [-0.2, -0.15) is 0 Å². The lowest BCUT2D eigenvalue weighted by atomic mass is 10.3. The van der Waals surface area contributed by atoms with Gasteiger partial charge in [-0.1, -0.05) is 18.5 Å². The number of nitrogens with zero attached hydrogens (tertiary/aromatic N) is 2. The monoisotopic (exact) mass is 228 g/mol. The van der Waals surface area contributed by atoms with Crippen LogP contribution in [0, 0.1) is 13.8 Å². The molecular formula is C10H13ClN2O2. The van der Waals surface area contributed by atoms with Gasteiger partial charge in [0.05, 0.1) is 5.69 Å². The van der Waals surface area contributed by atoms with Crippen LogP contribution >= 0.6 is 11.6 Å². The highest BCUT2D eigenvalue weighted by Crippen LogP contribution is 2.25. The maximum atomic E-state index is 11.3. The van der Waals surface area contributed by atoms with Crippen molar-refractivity contribution in [3.63, 3.8) is 0 Å². The van der Waals surface area contributed by atoms with Crippen LogP contribution in [0.1, 0.15) is 31.3 Å². The van der Waals surface area contributed by atoms with Crippen LogP contribution in [0.2, 0.25) is 5.15 Å². The van der Waals surface area contributed by atoms with Gasteiger partial charge in [0.15, 0.2) is 10.9 Å². The third-order valence-electron chi connectivity index (χ3n) is 1.78. The summed E-state index contributed by atoms with van der Waals surface area (Å²) >= 11 is 5.85. The van der Waals surface area contributed by atoms with Gasteiger partial charge < -0.3 is 4.74 Å². The average Bonchev–Trinajstić information content (AvgIpc) is 2.11. The highest BCUT2D eigenvalue weighted by Gasteiger charge is 2.13. The zero-order valence-corrected chi connectivity index (χ0v) is 9.76. The van der Waals surface area contributed by atoms with Crippen molar-refractivity contribution >= 4 is 17.6 Å². The fraction of sp³-hybridized carbons (Fsp3) is 0.500. The van der Waals surface area contributed by atoms with E-state index in [-0.39, 0.29) is 16.9 Å². The number of rotatable bonds is 3. The molecule has 1 heterocycles. The summed E-state index contributed by atoms with van der Waals surface area (Å²) in [5.74, 6) is 0.517. The Kier molecular flexibility index (Phi) is 4.03. The lowest BCUT2D eigenvalue weighted by Gasteiger charge is -2.07. The van der Waals surface area contributed by atoms with E-state index in [1.54, 1.807) is 13.8 Å². The van der Waals surface area contributed by atoms with Crippen LogP contribution in [-0.4, -0.2) is 15.9 Å². The molecular weight excluding hydrogens is 216 g/mol. The normalized spacial score (nSPS) is 10.1. The minimum absolute atomic E-state index is 0.185. The van der Waals surface area contributed by atoms with Gasteiger partial charge in [-0.25, -0.2) is 9.97 Å². The van der Waals surface area contributed by atoms with Crippen LogP contribution in [0.25, 0.3) is 0 Å². The molecule has 0 amide bonds. The van der Waals surface area contributed by atoms with Crippen molar-refractivity contribution in [2.75, 3.05) is 0 Å². The third-order valence-corrected chi connectivity index (χ3v) is 2.03. The van der Waals surface area contributed by atoms with E-state index < -0.39 is 0 Å². The number of aromatic nitrogens is 2. The zero-order valence-electron chi connectivity index (χ0n) is 9.00. The molecule has 0 unspecified atom stereocenters. The Morgan fingerprint density at radius 1 is 1.40 bits per heavy atom. The van der Waals surface area contributed by atoms with E-state index in [2.05, 4.69) is 9.97 Å². The number of halogens is 1. The summed E-state index contributed by atoms with van der Waals surface area (Å²) in [6, 6.07) is 0. The molecule has 0 saturated heterocycles. The van der Waals surface area contributed by atoms with Crippen molar-refractivity contribution in [2.45, 2.75) is 33.6 Å². The largest absolute Gasteiger partial charge is 0.421 e. The number of carbonyl (C=O) groups is 1. The SMILES string of the molecule is CCCC(=O)Oc1c(C)nc(C)nc1Cl. The van der Waals surface area contributed by atoms with E-state index >= 15 is 0 Å². The molecule has 1 aromatic heterocycles. The molecule has 0 saturated carbocycles.